The molecule has 0 aliphatic carbocycles. The average molecular weight is 220 g/mol. The van der Waals surface area contributed by atoms with E-state index >= 15 is 0 Å². The van der Waals surface area contributed by atoms with Gasteiger partial charge in [0.15, 0.2) is 0 Å². The standard InChI is InChI=1S/C9H11F3N2O/c10-9(11,12)8-6(2-1-5-14-8)7(15)3-4-13/h1-2,5,7,15H,3-4,13H2/t7-/m1/s1. The summed E-state index contributed by atoms with van der Waals surface area (Å²) in [6.07, 6.45) is -4.65. The number of rotatable bonds is 3. The lowest BCUT2D eigenvalue weighted by atomic mass is 10.0. The second-order valence-corrected chi connectivity index (χ2v) is 3.03. The van der Waals surface area contributed by atoms with E-state index in [-0.39, 0.29) is 18.5 Å². The predicted octanol–water partition coefficient (Wildman–Crippen LogP) is 1.48. The summed E-state index contributed by atoms with van der Waals surface area (Å²) in [6, 6.07) is 2.56. The number of halogens is 3. The van der Waals surface area contributed by atoms with E-state index in [2.05, 4.69) is 4.98 Å². The highest BCUT2D eigenvalue weighted by atomic mass is 19.4. The van der Waals surface area contributed by atoms with Crippen LogP contribution in [0.4, 0.5) is 13.2 Å². The molecule has 1 heterocycles. The van der Waals surface area contributed by atoms with Crippen LogP contribution in [0.15, 0.2) is 18.3 Å². The quantitative estimate of drug-likeness (QED) is 0.811. The second-order valence-electron chi connectivity index (χ2n) is 3.03. The highest BCUT2D eigenvalue weighted by Crippen LogP contribution is 2.33. The molecule has 0 radical (unpaired) electrons. The van der Waals surface area contributed by atoms with Gasteiger partial charge in [0.05, 0.1) is 6.10 Å². The van der Waals surface area contributed by atoms with Gasteiger partial charge < -0.3 is 10.8 Å². The fourth-order valence-electron chi connectivity index (χ4n) is 1.24. The van der Waals surface area contributed by atoms with Gasteiger partial charge >= 0.3 is 6.18 Å². The molecule has 0 spiro atoms. The molecule has 1 aromatic heterocycles. The van der Waals surface area contributed by atoms with Crippen molar-refractivity contribution in [3.63, 3.8) is 0 Å². The van der Waals surface area contributed by atoms with Crippen LogP contribution in [-0.4, -0.2) is 16.6 Å². The maximum Gasteiger partial charge on any atom is 0.433 e. The summed E-state index contributed by atoms with van der Waals surface area (Å²) in [5.41, 5.74) is 3.89. The molecule has 0 fully saturated rings. The zero-order chi connectivity index (χ0) is 11.5. The minimum Gasteiger partial charge on any atom is -0.388 e. The molecule has 0 aliphatic heterocycles. The van der Waals surface area contributed by atoms with E-state index in [1.54, 1.807) is 0 Å². The minimum atomic E-state index is -4.55. The molecule has 1 atom stereocenters. The normalized spacial score (nSPS) is 13.9. The third-order valence-electron chi connectivity index (χ3n) is 1.91. The lowest BCUT2D eigenvalue weighted by Crippen LogP contribution is -2.16. The fourth-order valence-corrected chi connectivity index (χ4v) is 1.24. The van der Waals surface area contributed by atoms with Gasteiger partial charge in [0, 0.05) is 11.8 Å². The number of hydrogen-bond acceptors (Lipinski definition) is 3. The van der Waals surface area contributed by atoms with Crippen molar-refractivity contribution in [1.82, 2.24) is 4.98 Å². The smallest absolute Gasteiger partial charge is 0.388 e. The van der Waals surface area contributed by atoms with E-state index in [9.17, 15) is 18.3 Å². The number of nitrogens with zero attached hydrogens (tertiary/aromatic N) is 1. The van der Waals surface area contributed by atoms with Gasteiger partial charge in [-0.15, -0.1) is 0 Å². The van der Waals surface area contributed by atoms with Gasteiger partial charge in [-0.25, -0.2) is 0 Å². The Bertz CT molecular complexity index is 327. The molecule has 0 aromatic carbocycles. The van der Waals surface area contributed by atoms with E-state index in [0.717, 1.165) is 6.20 Å². The van der Waals surface area contributed by atoms with E-state index in [1.165, 1.54) is 12.1 Å². The number of aliphatic hydroxyl groups excluding tert-OH is 1. The lowest BCUT2D eigenvalue weighted by Gasteiger charge is -2.15. The molecule has 6 heteroatoms. The Morgan fingerprint density at radius 1 is 1.47 bits per heavy atom. The first-order valence-electron chi connectivity index (χ1n) is 4.37. The zero-order valence-electron chi connectivity index (χ0n) is 7.83. The van der Waals surface area contributed by atoms with Crippen molar-refractivity contribution in [2.75, 3.05) is 6.54 Å². The van der Waals surface area contributed by atoms with Crippen molar-refractivity contribution in [3.05, 3.63) is 29.6 Å². The number of hydrogen-bond donors (Lipinski definition) is 2. The van der Waals surface area contributed by atoms with Gasteiger partial charge in [0.1, 0.15) is 5.69 Å². The second kappa shape index (κ2) is 4.59. The van der Waals surface area contributed by atoms with E-state index in [1.807, 2.05) is 0 Å². The molecular formula is C9H11F3N2O. The van der Waals surface area contributed by atoms with Crippen molar-refractivity contribution in [3.8, 4) is 0 Å². The molecule has 0 saturated carbocycles. The summed E-state index contributed by atoms with van der Waals surface area (Å²) in [4.78, 5) is 3.23. The third-order valence-corrected chi connectivity index (χ3v) is 1.91. The molecule has 0 amide bonds. The first-order valence-corrected chi connectivity index (χ1v) is 4.37. The molecule has 3 N–H and O–H groups in total. The Labute approximate surface area is 84.7 Å². The van der Waals surface area contributed by atoms with Crippen molar-refractivity contribution in [2.45, 2.75) is 18.7 Å². The predicted molar refractivity (Wildman–Crippen MR) is 47.9 cm³/mol. The Hall–Kier alpha value is -1.14. The van der Waals surface area contributed by atoms with Crippen molar-refractivity contribution >= 4 is 0 Å². The number of nitrogens with two attached hydrogens (primary N) is 1. The third kappa shape index (κ3) is 2.90. The summed E-state index contributed by atoms with van der Waals surface area (Å²) in [5.74, 6) is 0. The molecule has 0 aliphatic rings. The molecule has 3 nitrogen and oxygen atoms in total. The van der Waals surface area contributed by atoms with Gasteiger partial charge in [-0.1, -0.05) is 6.07 Å². The summed E-state index contributed by atoms with van der Waals surface area (Å²) in [6.45, 7) is 0.118. The molecule has 0 bridgehead atoms. The van der Waals surface area contributed by atoms with Crippen LogP contribution in [0.25, 0.3) is 0 Å². The zero-order valence-corrected chi connectivity index (χ0v) is 7.83. The first-order chi connectivity index (χ1) is 6.96. The van der Waals surface area contributed by atoms with Crippen LogP contribution in [0.3, 0.4) is 0 Å². The molecule has 0 saturated heterocycles. The lowest BCUT2D eigenvalue weighted by molar-refractivity contribution is -0.142. The molecule has 1 aromatic rings. The molecular weight excluding hydrogens is 209 g/mol. The summed E-state index contributed by atoms with van der Waals surface area (Å²) in [5, 5.41) is 9.44. The van der Waals surface area contributed by atoms with Gasteiger partial charge in [0.25, 0.3) is 0 Å². The average Bonchev–Trinajstić information content (AvgIpc) is 2.17. The van der Waals surface area contributed by atoms with Crippen molar-refractivity contribution < 1.29 is 18.3 Å². The van der Waals surface area contributed by atoms with Gasteiger partial charge in [-0.2, -0.15) is 13.2 Å². The van der Waals surface area contributed by atoms with Crippen LogP contribution in [0, 0.1) is 0 Å². The Balaban J connectivity index is 3.06. The van der Waals surface area contributed by atoms with Crippen molar-refractivity contribution in [1.29, 1.82) is 0 Å². The van der Waals surface area contributed by atoms with Crippen LogP contribution in [0.1, 0.15) is 23.8 Å². The summed E-state index contributed by atoms with van der Waals surface area (Å²) < 4.78 is 37.3. The minimum absolute atomic E-state index is 0.0781. The van der Waals surface area contributed by atoms with Crippen LogP contribution in [0.5, 0.6) is 0 Å². The Morgan fingerprint density at radius 2 is 2.13 bits per heavy atom. The van der Waals surface area contributed by atoms with Crippen LogP contribution >= 0.6 is 0 Å². The van der Waals surface area contributed by atoms with Gasteiger partial charge in [-0.3, -0.25) is 4.98 Å². The van der Waals surface area contributed by atoms with Crippen molar-refractivity contribution in [2.24, 2.45) is 5.73 Å². The van der Waals surface area contributed by atoms with Crippen LogP contribution < -0.4 is 5.73 Å². The van der Waals surface area contributed by atoms with E-state index < -0.39 is 18.0 Å². The molecule has 0 unspecified atom stereocenters. The molecule has 15 heavy (non-hydrogen) atoms. The van der Waals surface area contributed by atoms with E-state index in [4.69, 9.17) is 5.73 Å². The summed E-state index contributed by atoms with van der Waals surface area (Å²) in [7, 11) is 0. The van der Waals surface area contributed by atoms with Gasteiger partial charge in [0.2, 0.25) is 0 Å². The van der Waals surface area contributed by atoms with E-state index in [0.29, 0.717) is 0 Å². The SMILES string of the molecule is NCC[C@@H](O)c1cccnc1C(F)(F)F. The first kappa shape index (κ1) is 11.9. The Morgan fingerprint density at radius 3 is 2.67 bits per heavy atom. The largest absolute Gasteiger partial charge is 0.433 e. The maximum atomic E-state index is 12.4. The Kier molecular flexibility index (Phi) is 3.65. The number of alkyl halides is 3. The molecule has 84 valence electrons. The monoisotopic (exact) mass is 220 g/mol. The molecule has 1 rings (SSSR count). The highest BCUT2D eigenvalue weighted by molar-refractivity contribution is 5.24. The summed E-state index contributed by atoms with van der Waals surface area (Å²) >= 11 is 0. The fraction of sp³-hybridized carbons (Fsp3) is 0.444. The van der Waals surface area contributed by atoms with Crippen LogP contribution in [-0.2, 0) is 6.18 Å². The highest BCUT2D eigenvalue weighted by Gasteiger charge is 2.36. The number of aliphatic hydroxyl groups is 1. The van der Waals surface area contributed by atoms with Crippen LogP contribution in [0.2, 0.25) is 0 Å². The topological polar surface area (TPSA) is 59.1 Å². The number of aromatic nitrogens is 1. The number of pyridine rings is 1. The van der Waals surface area contributed by atoms with Gasteiger partial charge in [-0.05, 0) is 19.0 Å². The maximum absolute atomic E-state index is 12.4.